The molecule has 0 spiro atoms. The minimum absolute atomic E-state index is 0.0124. The predicted octanol–water partition coefficient (Wildman–Crippen LogP) is 3.30. The molecule has 3 rings (SSSR count). The molecule has 0 bridgehead atoms. The fourth-order valence-electron chi connectivity index (χ4n) is 3.23. The van der Waals surface area contributed by atoms with Gasteiger partial charge in [-0.05, 0) is 56.0 Å². The van der Waals surface area contributed by atoms with Crippen LogP contribution >= 0.6 is 0 Å². The summed E-state index contributed by atoms with van der Waals surface area (Å²) in [6, 6.07) is 10.1. The third-order valence-corrected chi connectivity index (χ3v) is 4.42. The van der Waals surface area contributed by atoms with E-state index in [-0.39, 0.29) is 23.8 Å². The van der Waals surface area contributed by atoms with Crippen molar-refractivity contribution in [2.75, 3.05) is 5.32 Å². The van der Waals surface area contributed by atoms with Crippen molar-refractivity contribution < 1.29 is 9.18 Å². The number of carbonyl (C=O) groups is 1. The van der Waals surface area contributed by atoms with E-state index in [1.807, 2.05) is 20.8 Å². The van der Waals surface area contributed by atoms with E-state index in [1.165, 1.54) is 17.7 Å². The normalized spacial score (nSPS) is 20.2. The van der Waals surface area contributed by atoms with Gasteiger partial charge in [-0.2, -0.15) is 0 Å². The summed E-state index contributed by atoms with van der Waals surface area (Å²) in [6.07, 6.45) is 0.613. The van der Waals surface area contributed by atoms with Crippen molar-refractivity contribution in [2.45, 2.75) is 39.3 Å². The van der Waals surface area contributed by atoms with Crippen molar-refractivity contribution in [1.82, 2.24) is 10.9 Å². The second-order valence-corrected chi connectivity index (χ2v) is 6.44. The standard InChI is InChI=1S/C19H22FN3O/c1-11-8-12(2)18(13(3)9-11)21-19(24)17-10-16(22-23-17)14-4-6-15(20)7-5-14/h4-9,16-17,22-23H,10H2,1-3H3,(H,21,24). The summed E-state index contributed by atoms with van der Waals surface area (Å²) in [4.78, 5) is 12.6. The first-order valence-electron chi connectivity index (χ1n) is 8.09. The molecule has 1 saturated heterocycles. The number of anilines is 1. The van der Waals surface area contributed by atoms with Gasteiger partial charge in [0.05, 0.1) is 0 Å². The summed E-state index contributed by atoms with van der Waals surface area (Å²) in [5.74, 6) is -0.327. The SMILES string of the molecule is Cc1cc(C)c(NC(=O)C2CC(c3ccc(F)cc3)NN2)c(C)c1. The minimum atomic E-state index is -0.333. The van der Waals surface area contributed by atoms with Crippen molar-refractivity contribution in [3.05, 3.63) is 64.5 Å². The number of rotatable bonds is 3. The summed E-state index contributed by atoms with van der Waals surface area (Å²) >= 11 is 0. The number of hydrogen-bond donors (Lipinski definition) is 3. The predicted molar refractivity (Wildman–Crippen MR) is 93.1 cm³/mol. The zero-order valence-corrected chi connectivity index (χ0v) is 14.1. The van der Waals surface area contributed by atoms with Crippen LogP contribution in [0.4, 0.5) is 10.1 Å². The molecule has 0 aliphatic carbocycles. The largest absolute Gasteiger partial charge is 0.324 e. The molecule has 0 aromatic heterocycles. The molecule has 4 nitrogen and oxygen atoms in total. The lowest BCUT2D eigenvalue weighted by atomic mass is 10.0. The highest BCUT2D eigenvalue weighted by atomic mass is 19.1. The summed E-state index contributed by atoms with van der Waals surface area (Å²) < 4.78 is 13.0. The zero-order chi connectivity index (χ0) is 17.3. The number of hydrogen-bond acceptors (Lipinski definition) is 3. The quantitative estimate of drug-likeness (QED) is 0.811. The Balaban J connectivity index is 1.68. The molecule has 1 aliphatic heterocycles. The Bertz CT molecular complexity index is 735. The first kappa shape index (κ1) is 16.6. The van der Waals surface area contributed by atoms with Gasteiger partial charge in [-0.15, -0.1) is 0 Å². The highest BCUT2D eigenvalue weighted by Crippen LogP contribution is 2.25. The molecule has 0 saturated carbocycles. The Hall–Kier alpha value is -2.24. The Morgan fingerprint density at radius 3 is 2.33 bits per heavy atom. The lowest BCUT2D eigenvalue weighted by Crippen LogP contribution is -2.39. The molecule has 1 aliphatic rings. The molecular formula is C19H22FN3O. The maximum atomic E-state index is 13.0. The number of carbonyl (C=O) groups excluding carboxylic acids is 1. The van der Waals surface area contributed by atoms with E-state index >= 15 is 0 Å². The maximum Gasteiger partial charge on any atom is 0.242 e. The van der Waals surface area contributed by atoms with Gasteiger partial charge in [0, 0.05) is 11.7 Å². The first-order valence-corrected chi connectivity index (χ1v) is 8.09. The summed E-state index contributed by atoms with van der Waals surface area (Å²) in [7, 11) is 0. The molecule has 2 aromatic carbocycles. The van der Waals surface area contributed by atoms with E-state index in [9.17, 15) is 9.18 Å². The van der Waals surface area contributed by atoms with Crippen molar-refractivity contribution in [2.24, 2.45) is 0 Å². The Morgan fingerprint density at radius 2 is 1.71 bits per heavy atom. The number of amides is 1. The van der Waals surface area contributed by atoms with Crippen molar-refractivity contribution in [3.63, 3.8) is 0 Å². The Kier molecular flexibility index (Phi) is 4.64. The van der Waals surface area contributed by atoms with Gasteiger partial charge >= 0.3 is 0 Å². The fraction of sp³-hybridized carbons (Fsp3) is 0.316. The van der Waals surface area contributed by atoms with Crippen LogP contribution in [0.25, 0.3) is 0 Å². The average Bonchev–Trinajstić information content (AvgIpc) is 3.01. The number of aryl methyl sites for hydroxylation is 3. The van der Waals surface area contributed by atoms with E-state index in [4.69, 9.17) is 0 Å². The molecular weight excluding hydrogens is 305 g/mol. The topological polar surface area (TPSA) is 53.2 Å². The molecule has 1 heterocycles. The van der Waals surface area contributed by atoms with Crippen LogP contribution in [0.2, 0.25) is 0 Å². The molecule has 2 atom stereocenters. The third kappa shape index (κ3) is 3.47. The van der Waals surface area contributed by atoms with Crippen LogP contribution < -0.4 is 16.2 Å². The maximum absolute atomic E-state index is 13.0. The monoisotopic (exact) mass is 327 g/mol. The Morgan fingerprint density at radius 1 is 1.08 bits per heavy atom. The molecule has 1 fully saturated rings. The number of benzene rings is 2. The lowest BCUT2D eigenvalue weighted by molar-refractivity contribution is -0.117. The fourth-order valence-corrected chi connectivity index (χ4v) is 3.23. The van der Waals surface area contributed by atoms with Crippen LogP contribution in [0.15, 0.2) is 36.4 Å². The van der Waals surface area contributed by atoms with Gasteiger partial charge in [-0.1, -0.05) is 29.8 Å². The zero-order valence-electron chi connectivity index (χ0n) is 14.1. The van der Waals surface area contributed by atoms with Gasteiger partial charge in [-0.25, -0.2) is 15.2 Å². The van der Waals surface area contributed by atoms with Gasteiger partial charge in [0.2, 0.25) is 5.91 Å². The van der Waals surface area contributed by atoms with Crippen LogP contribution in [-0.4, -0.2) is 11.9 Å². The summed E-state index contributed by atoms with van der Waals surface area (Å²) in [5, 5.41) is 3.03. The molecule has 1 amide bonds. The van der Waals surface area contributed by atoms with Crippen molar-refractivity contribution in [1.29, 1.82) is 0 Å². The van der Waals surface area contributed by atoms with Crippen LogP contribution in [0.3, 0.4) is 0 Å². The van der Waals surface area contributed by atoms with E-state index < -0.39 is 0 Å². The van der Waals surface area contributed by atoms with E-state index in [0.29, 0.717) is 6.42 Å². The smallest absolute Gasteiger partial charge is 0.242 e. The lowest BCUT2D eigenvalue weighted by Gasteiger charge is -2.15. The second kappa shape index (κ2) is 6.71. The second-order valence-electron chi connectivity index (χ2n) is 6.44. The first-order chi connectivity index (χ1) is 11.4. The minimum Gasteiger partial charge on any atom is -0.324 e. The number of nitrogens with one attached hydrogen (secondary N) is 3. The number of halogens is 1. The molecule has 3 N–H and O–H groups in total. The van der Waals surface area contributed by atoms with Crippen molar-refractivity contribution >= 4 is 11.6 Å². The number of hydrazine groups is 1. The van der Waals surface area contributed by atoms with Crippen LogP contribution in [-0.2, 0) is 4.79 Å². The van der Waals surface area contributed by atoms with E-state index in [2.05, 4.69) is 28.3 Å². The summed E-state index contributed by atoms with van der Waals surface area (Å²) in [6.45, 7) is 6.04. The summed E-state index contributed by atoms with van der Waals surface area (Å²) in [5.41, 5.74) is 11.3. The van der Waals surface area contributed by atoms with Crippen LogP contribution in [0.5, 0.6) is 0 Å². The van der Waals surface area contributed by atoms with Crippen molar-refractivity contribution in [3.8, 4) is 0 Å². The molecule has 0 radical (unpaired) electrons. The van der Waals surface area contributed by atoms with Gasteiger partial charge in [-0.3, -0.25) is 4.79 Å². The molecule has 2 unspecified atom stereocenters. The third-order valence-electron chi connectivity index (χ3n) is 4.42. The van der Waals surface area contributed by atoms with Gasteiger partial charge in [0.15, 0.2) is 0 Å². The van der Waals surface area contributed by atoms with Crippen LogP contribution in [0, 0.1) is 26.6 Å². The molecule has 2 aromatic rings. The highest BCUT2D eigenvalue weighted by Gasteiger charge is 2.30. The Labute approximate surface area is 141 Å². The van der Waals surface area contributed by atoms with E-state index in [1.54, 1.807) is 12.1 Å². The highest BCUT2D eigenvalue weighted by molar-refractivity contribution is 5.96. The van der Waals surface area contributed by atoms with Gasteiger partial charge < -0.3 is 5.32 Å². The van der Waals surface area contributed by atoms with E-state index in [0.717, 1.165) is 22.4 Å². The van der Waals surface area contributed by atoms with Gasteiger partial charge in [0.1, 0.15) is 11.9 Å². The molecule has 126 valence electrons. The van der Waals surface area contributed by atoms with Crippen LogP contribution in [0.1, 0.15) is 34.7 Å². The van der Waals surface area contributed by atoms with Gasteiger partial charge in [0.25, 0.3) is 0 Å². The molecule has 5 heteroatoms. The molecule has 24 heavy (non-hydrogen) atoms. The average molecular weight is 327 g/mol.